The van der Waals surface area contributed by atoms with E-state index in [0.29, 0.717) is 28.6 Å². The fourth-order valence-electron chi connectivity index (χ4n) is 5.25. The fourth-order valence-corrected chi connectivity index (χ4v) is 5.25. The smallest absolute Gasteiger partial charge is 0.408 e. The average Bonchev–Trinajstić information content (AvgIpc) is 3.66. The van der Waals surface area contributed by atoms with Crippen LogP contribution in [0.2, 0.25) is 0 Å². The Morgan fingerprint density at radius 3 is 1.42 bits per heavy atom. The van der Waals surface area contributed by atoms with Gasteiger partial charge in [-0.2, -0.15) is 0 Å². The first-order valence-electron chi connectivity index (χ1n) is 17.3. The summed E-state index contributed by atoms with van der Waals surface area (Å²) >= 11 is 0. The zero-order valence-electron chi connectivity index (χ0n) is 30.0. The van der Waals surface area contributed by atoms with Gasteiger partial charge in [0, 0.05) is 22.5 Å². The van der Waals surface area contributed by atoms with E-state index in [2.05, 4.69) is 26.3 Å². The largest absolute Gasteiger partial charge is 0.445 e. The molecule has 0 aliphatic heterocycles. The second-order valence-electron chi connectivity index (χ2n) is 13.0. The van der Waals surface area contributed by atoms with Gasteiger partial charge >= 0.3 is 12.2 Å². The second kappa shape index (κ2) is 18.2. The molecule has 1 aromatic heterocycles. The van der Waals surface area contributed by atoms with Gasteiger partial charge in [-0.25, -0.2) is 14.6 Å². The Morgan fingerprint density at radius 2 is 1.00 bits per heavy atom. The van der Waals surface area contributed by atoms with Crippen LogP contribution in [0.3, 0.4) is 0 Å². The Balaban J connectivity index is 1.13. The summed E-state index contributed by atoms with van der Waals surface area (Å²) in [4.78, 5) is 55.4. The van der Waals surface area contributed by atoms with Crippen LogP contribution in [-0.4, -0.2) is 41.1 Å². The number of aromatic nitrogens is 1. The van der Waals surface area contributed by atoms with Crippen LogP contribution < -0.4 is 21.3 Å². The molecule has 1 heterocycles. The van der Waals surface area contributed by atoms with Crippen molar-refractivity contribution in [3.63, 3.8) is 0 Å². The van der Waals surface area contributed by atoms with Gasteiger partial charge in [0.2, 0.25) is 17.7 Å². The van der Waals surface area contributed by atoms with Gasteiger partial charge in [0.25, 0.3) is 0 Å². The average molecular weight is 718 g/mol. The maximum absolute atomic E-state index is 13.1. The molecule has 0 aliphatic carbocycles. The van der Waals surface area contributed by atoms with E-state index in [9.17, 15) is 19.2 Å². The first-order chi connectivity index (χ1) is 25.5. The van der Waals surface area contributed by atoms with Crippen LogP contribution >= 0.6 is 0 Å². The van der Waals surface area contributed by atoms with Crippen LogP contribution in [0.25, 0.3) is 22.8 Å². The summed E-state index contributed by atoms with van der Waals surface area (Å²) in [6, 6.07) is 31.0. The zero-order valence-corrected chi connectivity index (χ0v) is 30.0. The standard InChI is InChI=1S/C41H43N5O7/c1-26(2)35(45-40(49)51-24-28-11-7-5-8-12-28)37(47)43-32-19-15-30(16-20-32)34-23-42-39(53-34)31-17-21-33(22-18-31)44-38(48)36(27(3)4)46-41(50)52-25-29-13-9-6-10-14-29/h5-23,26-27,35-36H,24-25H2,1-4H3,(H,43,47)(H,44,48)(H,45,49)(H,46,50)/t35-,36-/m0/s1. The lowest BCUT2D eigenvalue weighted by Crippen LogP contribution is -2.47. The molecule has 0 bridgehead atoms. The highest BCUT2D eigenvalue weighted by Gasteiger charge is 2.26. The Morgan fingerprint density at radius 1 is 0.585 bits per heavy atom. The monoisotopic (exact) mass is 717 g/mol. The molecule has 12 nitrogen and oxygen atoms in total. The van der Waals surface area contributed by atoms with Crippen molar-refractivity contribution in [2.24, 2.45) is 11.8 Å². The van der Waals surface area contributed by atoms with Gasteiger partial charge in [-0.3, -0.25) is 9.59 Å². The van der Waals surface area contributed by atoms with Crippen molar-refractivity contribution in [2.75, 3.05) is 10.6 Å². The molecule has 12 heteroatoms. The van der Waals surface area contributed by atoms with Crippen LogP contribution in [0, 0.1) is 11.8 Å². The van der Waals surface area contributed by atoms with E-state index in [4.69, 9.17) is 13.9 Å². The Bertz CT molecular complexity index is 1820. The maximum Gasteiger partial charge on any atom is 0.408 e. The number of carbonyl (C=O) groups is 4. The number of ether oxygens (including phenoxy) is 2. The molecule has 274 valence electrons. The molecule has 0 radical (unpaired) electrons. The third kappa shape index (κ3) is 11.0. The molecule has 4 amide bonds. The highest BCUT2D eigenvalue weighted by atomic mass is 16.6. The van der Waals surface area contributed by atoms with Crippen LogP contribution in [-0.2, 0) is 32.3 Å². The topological polar surface area (TPSA) is 161 Å². The number of anilines is 2. The first-order valence-corrected chi connectivity index (χ1v) is 17.3. The third-order valence-electron chi connectivity index (χ3n) is 8.21. The van der Waals surface area contributed by atoms with Crippen molar-refractivity contribution in [2.45, 2.75) is 53.0 Å². The van der Waals surface area contributed by atoms with E-state index in [-0.39, 0.29) is 36.9 Å². The normalized spacial score (nSPS) is 12.0. The highest BCUT2D eigenvalue weighted by Crippen LogP contribution is 2.28. The van der Waals surface area contributed by atoms with Crippen LogP contribution in [0.5, 0.6) is 0 Å². The molecule has 53 heavy (non-hydrogen) atoms. The van der Waals surface area contributed by atoms with Gasteiger partial charge in [-0.15, -0.1) is 0 Å². The Labute approximate surface area is 308 Å². The number of rotatable bonds is 14. The zero-order chi connectivity index (χ0) is 37.7. The van der Waals surface area contributed by atoms with Crippen molar-refractivity contribution in [3.8, 4) is 22.8 Å². The minimum atomic E-state index is -0.811. The van der Waals surface area contributed by atoms with Crippen molar-refractivity contribution < 1.29 is 33.1 Å². The molecule has 2 atom stereocenters. The molecule has 0 aliphatic rings. The molecule has 0 saturated heterocycles. The van der Waals surface area contributed by atoms with E-state index < -0.39 is 24.3 Å². The predicted octanol–water partition coefficient (Wildman–Crippen LogP) is 7.79. The van der Waals surface area contributed by atoms with Crippen molar-refractivity contribution in [1.29, 1.82) is 0 Å². The third-order valence-corrected chi connectivity index (χ3v) is 8.21. The molecular weight excluding hydrogens is 674 g/mol. The molecule has 5 rings (SSSR count). The van der Waals surface area contributed by atoms with Crippen molar-refractivity contribution in [3.05, 3.63) is 127 Å². The van der Waals surface area contributed by atoms with Crippen LogP contribution in [0.4, 0.5) is 21.0 Å². The molecule has 4 N–H and O–H groups in total. The maximum atomic E-state index is 13.1. The van der Waals surface area contributed by atoms with Gasteiger partial charge in [0.1, 0.15) is 25.3 Å². The number of carbonyl (C=O) groups excluding carboxylic acids is 4. The number of alkyl carbamates (subject to hydrolysis) is 2. The van der Waals surface area contributed by atoms with Crippen LogP contribution in [0.1, 0.15) is 38.8 Å². The van der Waals surface area contributed by atoms with Crippen LogP contribution in [0.15, 0.2) is 120 Å². The predicted molar refractivity (Wildman–Crippen MR) is 201 cm³/mol. The summed E-state index contributed by atoms with van der Waals surface area (Å²) in [5, 5.41) is 11.0. The van der Waals surface area contributed by atoms with Gasteiger partial charge in [-0.05, 0) is 71.5 Å². The van der Waals surface area contributed by atoms with E-state index in [1.54, 1.807) is 54.7 Å². The number of hydrogen-bond acceptors (Lipinski definition) is 8. The first kappa shape index (κ1) is 37.8. The minimum absolute atomic E-state index is 0.0976. The van der Waals surface area contributed by atoms with Gasteiger partial charge in [0.05, 0.1) is 6.20 Å². The van der Waals surface area contributed by atoms with E-state index in [1.165, 1.54) is 0 Å². The lowest BCUT2D eigenvalue weighted by atomic mass is 10.0. The molecule has 0 spiro atoms. The Hall–Kier alpha value is -6.43. The lowest BCUT2D eigenvalue weighted by Gasteiger charge is -2.21. The number of nitrogens with one attached hydrogen (secondary N) is 4. The molecule has 0 saturated carbocycles. The summed E-state index contributed by atoms with van der Waals surface area (Å²) in [7, 11) is 0. The molecule has 4 aromatic carbocycles. The highest BCUT2D eigenvalue weighted by molar-refractivity contribution is 5.97. The second-order valence-corrected chi connectivity index (χ2v) is 13.0. The minimum Gasteiger partial charge on any atom is -0.445 e. The number of hydrogen-bond donors (Lipinski definition) is 4. The van der Waals surface area contributed by atoms with Gasteiger partial charge in [0.15, 0.2) is 5.76 Å². The number of oxazole rings is 1. The summed E-state index contributed by atoms with van der Waals surface area (Å²) in [5.74, 6) is -0.231. The molecular formula is C41H43N5O7. The number of benzene rings is 4. The van der Waals surface area contributed by atoms with E-state index in [1.807, 2.05) is 88.4 Å². The fraction of sp³-hybridized carbons (Fsp3) is 0.244. The number of amides is 4. The summed E-state index contributed by atoms with van der Waals surface area (Å²) in [6.07, 6.45) is 0.251. The molecule has 0 fully saturated rings. The number of nitrogens with zero attached hydrogens (tertiary/aromatic N) is 1. The van der Waals surface area contributed by atoms with Crippen molar-refractivity contribution in [1.82, 2.24) is 15.6 Å². The molecule has 0 unspecified atom stereocenters. The lowest BCUT2D eigenvalue weighted by molar-refractivity contribution is -0.119. The van der Waals surface area contributed by atoms with Crippen molar-refractivity contribution >= 4 is 35.4 Å². The van der Waals surface area contributed by atoms with E-state index in [0.717, 1.165) is 16.7 Å². The van der Waals surface area contributed by atoms with Gasteiger partial charge in [-0.1, -0.05) is 88.4 Å². The van der Waals surface area contributed by atoms with Gasteiger partial charge < -0.3 is 35.2 Å². The summed E-state index contributed by atoms with van der Waals surface area (Å²) in [6.45, 7) is 7.55. The quantitative estimate of drug-likeness (QED) is 0.0906. The van der Waals surface area contributed by atoms with E-state index >= 15 is 0 Å². The summed E-state index contributed by atoms with van der Waals surface area (Å²) < 4.78 is 16.6. The SMILES string of the molecule is CC(C)[C@H](NC(=O)OCc1ccccc1)C(=O)Nc1ccc(-c2cnc(-c3ccc(NC(=O)[C@@H](NC(=O)OCc4ccccc4)C(C)C)cc3)o2)cc1. The summed E-state index contributed by atoms with van der Waals surface area (Å²) in [5.41, 5.74) is 4.19. The molecule has 5 aromatic rings. The Kier molecular flexibility index (Phi) is 13.0.